The van der Waals surface area contributed by atoms with Crippen molar-refractivity contribution < 1.29 is 24.2 Å². The molecule has 5 aliphatic heterocycles. The number of carbonyl (C=O) groups excluding carboxylic acids is 2. The Morgan fingerprint density at radius 1 is 1.16 bits per heavy atom. The van der Waals surface area contributed by atoms with Crippen LogP contribution in [0.1, 0.15) is 96.1 Å². The van der Waals surface area contributed by atoms with E-state index in [2.05, 4.69) is 54.9 Å². The largest absolute Gasteiger partial charge is 0.427 e. The maximum absolute atomic E-state index is 14.4. The zero-order chi connectivity index (χ0) is 35.1. The summed E-state index contributed by atoms with van der Waals surface area (Å²) < 4.78 is 12.7. The number of hydrogen-bond acceptors (Lipinski definition) is 10. The third-order valence-electron chi connectivity index (χ3n) is 13.5. The molecular weight excluding hydrogens is 679 g/mol. The van der Waals surface area contributed by atoms with E-state index < -0.39 is 11.5 Å². The topological polar surface area (TPSA) is 110 Å². The van der Waals surface area contributed by atoms with Crippen LogP contribution in [0.3, 0.4) is 0 Å². The van der Waals surface area contributed by atoms with Crippen molar-refractivity contribution in [2.45, 2.75) is 108 Å². The molecule has 3 fully saturated rings. The second-order valence-corrected chi connectivity index (χ2v) is 18.8. The molecule has 8 nitrogen and oxygen atoms in total. The number of aliphatic hydroxyl groups excluding tert-OH is 1. The van der Waals surface area contributed by atoms with Crippen LogP contribution in [0.2, 0.25) is 0 Å². The van der Waals surface area contributed by atoms with E-state index in [4.69, 9.17) is 14.5 Å². The Hall–Kier alpha value is -2.79. The normalized spacial score (nSPS) is 37.2. The minimum absolute atomic E-state index is 0.0308. The highest BCUT2D eigenvalue weighted by Crippen LogP contribution is 2.71. The highest BCUT2D eigenvalue weighted by molar-refractivity contribution is 8.77. The SMILES string of the molecule is CCC1(/C=C2\OC(=O)C3=C2CC[C@H]2[C@@H]4CC[C@@]5(C6=C4Cc4ccnc7c4C=C[C@H](N7)SS[C@@H](NC[C@H](C)O)[C@@H](C)C/C=C/5OC6=O)[C@@H]32)CCCC1. The monoisotopic (exact) mass is 727 g/mol. The number of aliphatic hydroxyl groups is 1. The minimum Gasteiger partial charge on any atom is -0.427 e. The Kier molecular flexibility index (Phi) is 8.64. The van der Waals surface area contributed by atoms with Gasteiger partial charge in [0.1, 0.15) is 22.7 Å². The number of anilines is 1. The number of allylic oxidation sites excluding steroid dienone is 5. The second-order valence-electron chi connectivity index (χ2n) is 16.3. The van der Waals surface area contributed by atoms with Crippen molar-refractivity contribution in [2.75, 3.05) is 11.9 Å². The molecule has 51 heavy (non-hydrogen) atoms. The Balaban J connectivity index is 1.20. The molecule has 10 aliphatic rings. The molecule has 11 rings (SSSR count). The summed E-state index contributed by atoms with van der Waals surface area (Å²) in [6.45, 7) is 6.76. The van der Waals surface area contributed by atoms with Gasteiger partial charge in [-0.2, -0.15) is 0 Å². The van der Waals surface area contributed by atoms with Crippen LogP contribution in [0.5, 0.6) is 0 Å². The van der Waals surface area contributed by atoms with E-state index in [1.54, 1.807) is 28.5 Å². The summed E-state index contributed by atoms with van der Waals surface area (Å²) in [4.78, 5) is 33.3. The van der Waals surface area contributed by atoms with Crippen LogP contribution in [0, 0.1) is 34.5 Å². The summed E-state index contributed by atoms with van der Waals surface area (Å²) in [6, 6.07) is 2.10. The summed E-state index contributed by atoms with van der Waals surface area (Å²) in [5.41, 5.74) is 5.54. The van der Waals surface area contributed by atoms with E-state index >= 15 is 0 Å². The van der Waals surface area contributed by atoms with Crippen LogP contribution >= 0.6 is 21.6 Å². The maximum Gasteiger partial charge on any atom is 0.340 e. The molecule has 10 heteroatoms. The molecular formula is C41H49N3O5S2. The van der Waals surface area contributed by atoms with E-state index in [-0.39, 0.29) is 51.8 Å². The van der Waals surface area contributed by atoms with Crippen LogP contribution in [0.15, 0.2) is 64.3 Å². The lowest BCUT2D eigenvalue weighted by molar-refractivity contribution is -0.135. The number of nitrogens with zero attached hydrogens (tertiary/aromatic N) is 1. The number of cyclic esters (lactones) is 1. The van der Waals surface area contributed by atoms with Crippen molar-refractivity contribution in [1.29, 1.82) is 0 Å². The van der Waals surface area contributed by atoms with Gasteiger partial charge in [0.2, 0.25) is 0 Å². The average molecular weight is 728 g/mol. The van der Waals surface area contributed by atoms with Gasteiger partial charge < -0.3 is 25.2 Å². The quantitative estimate of drug-likeness (QED) is 0.204. The predicted octanol–water partition coefficient (Wildman–Crippen LogP) is 7.99. The van der Waals surface area contributed by atoms with Gasteiger partial charge in [0.05, 0.1) is 22.5 Å². The fourth-order valence-corrected chi connectivity index (χ4v) is 13.8. The summed E-state index contributed by atoms with van der Waals surface area (Å²) in [5.74, 6) is 2.38. The number of hydrogen-bond donors (Lipinski definition) is 3. The van der Waals surface area contributed by atoms with E-state index in [1.165, 1.54) is 18.4 Å². The first-order valence-electron chi connectivity index (χ1n) is 19.2. The molecule has 0 unspecified atom stereocenters. The van der Waals surface area contributed by atoms with Gasteiger partial charge in [-0.15, -0.1) is 0 Å². The molecule has 3 N–H and O–H groups in total. The van der Waals surface area contributed by atoms with Crippen LogP contribution in [0.25, 0.3) is 6.08 Å². The van der Waals surface area contributed by atoms with Gasteiger partial charge in [0.25, 0.3) is 0 Å². The van der Waals surface area contributed by atoms with Crippen LogP contribution in [0.4, 0.5) is 5.82 Å². The van der Waals surface area contributed by atoms with Gasteiger partial charge >= 0.3 is 11.9 Å². The van der Waals surface area contributed by atoms with Crippen molar-refractivity contribution >= 4 is 45.4 Å². The highest BCUT2D eigenvalue weighted by Gasteiger charge is 2.68. The zero-order valence-corrected chi connectivity index (χ0v) is 31.5. The molecule has 0 amide bonds. The lowest BCUT2D eigenvalue weighted by atomic mass is 9.44. The molecule has 1 aromatic heterocycles. The van der Waals surface area contributed by atoms with Gasteiger partial charge in [-0.05, 0) is 112 Å². The first kappa shape index (κ1) is 34.0. The summed E-state index contributed by atoms with van der Waals surface area (Å²) in [7, 11) is 3.52. The van der Waals surface area contributed by atoms with Gasteiger partial charge in [0.15, 0.2) is 0 Å². The van der Waals surface area contributed by atoms with Crippen molar-refractivity contribution in [3.8, 4) is 0 Å². The Bertz CT molecular complexity index is 1820. The fourth-order valence-electron chi connectivity index (χ4n) is 10.9. The van der Waals surface area contributed by atoms with Crippen molar-refractivity contribution in [3.05, 3.63) is 75.4 Å². The lowest BCUT2D eigenvalue weighted by Crippen LogP contribution is -2.52. The molecule has 2 saturated carbocycles. The number of pyridine rings is 1. The first-order chi connectivity index (χ1) is 24.7. The first-order valence-corrected chi connectivity index (χ1v) is 21.5. The molecule has 9 bridgehead atoms. The molecule has 1 saturated heterocycles. The zero-order valence-electron chi connectivity index (χ0n) is 29.8. The van der Waals surface area contributed by atoms with E-state index in [1.807, 2.05) is 6.20 Å². The molecule has 6 heterocycles. The second kappa shape index (κ2) is 13.0. The average Bonchev–Trinajstić information content (AvgIpc) is 3.81. The molecule has 1 aromatic rings. The molecule has 0 aromatic carbocycles. The van der Waals surface area contributed by atoms with Crippen LogP contribution in [-0.4, -0.2) is 45.4 Å². The fraction of sp³-hybridized carbons (Fsp3) is 0.585. The smallest absolute Gasteiger partial charge is 0.340 e. The number of aromatic nitrogens is 1. The molecule has 0 radical (unpaired) electrons. The predicted molar refractivity (Wildman–Crippen MR) is 202 cm³/mol. The Morgan fingerprint density at radius 3 is 2.80 bits per heavy atom. The Labute approximate surface area is 308 Å². The van der Waals surface area contributed by atoms with E-state index in [0.717, 1.165) is 90.1 Å². The number of rotatable bonds is 5. The molecule has 270 valence electrons. The third kappa shape index (κ3) is 5.44. The van der Waals surface area contributed by atoms with E-state index in [9.17, 15) is 14.7 Å². The van der Waals surface area contributed by atoms with Crippen molar-refractivity contribution in [3.63, 3.8) is 0 Å². The number of ether oxygens (including phenoxy) is 2. The van der Waals surface area contributed by atoms with Gasteiger partial charge in [0, 0.05) is 35.4 Å². The Morgan fingerprint density at radius 2 is 2.00 bits per heavy atom. The lowest BCUT2D eigenvalue weighted by Gasteiger charge is -2.56. The number of nitrogens with one attached hydrogen (secondary N) is 2. The third-order valence-corrected chi connectivity index (χ3v) is 16.5. The standard InChI is InChI=1S/C41H49N3O5S2/c1-4-40(15-5-6-16-40)20-30-28-9-8-27-26-13-17-41(34(27)33(28)38(46)48-30)31-11-7-22(2)37(43-21-23(3)45)51-50-32-12-10-25-24(14-18-42-36(25)44-32)19-29(26)35(41)39(47)49-31/h10-12,14,18,20,22-23,26-27,32,34,37,43,45H,4-9,13,15-17,19,21H2,1-3H3,(H,42,44)/b30-20-,31-11-/t22-,23-,26-,27-,32+,34+,37+,41-/m0/s1. The van der Waals surface area contributed by atoms with Crippen molar-refractivity contribution in [2.24, 2.45) is 34.5 Å². The number of esters is 2. The van der Waals surface area contributed by atoms with Gasteiger partial charge in [-0.1, -0.05) is 66.0 Å². The number of carbonyl (C=O) groups is 2. The van der Waals surface area contributed by atoms with Gasteiger partial charge in [-0.3, -0.25) is 0 Å². The minimum atomic E-state index is -0.690. The summed E-state index contributed by atoms with van der Waals surface area (Å²) in [5, 5.41) is 17.5. The summed E-state index contributed by atoms with van der Waals surface area (Å²) in [6.07, 6.45) is 21.0. The molecule has 5 aliphatic carbocycles. The van der Waals surface area contributed by atoms with Gasteiger partial charge in [-0.25, -0.2) is 14.6 Å². The van der Waals surface area contributed by atoms with Crippen molar-refractivity contribution in [1.82, 2.24) is 10.3 Å². The molecule has 8 atom stereocenters. The number of fused-ring (bicyclic) bond motifs is 6. The van der Waals surface area contributed by atoms with Crippen LogP contribution in [-0.2, 0) is 25.5 Å². The van der Waals surface area contributed by atoms with Crippen LogP contribution < -0.4 is 10.6 Å². The maximum atomic E-state index is 14.4. The highest BCUT2D eigenvalue weighted by atomic mass is 33.1. The molecule has 1 spiro atoms. The summed E-state index contributed by atoms with van der Waals surface area (Å²) >= 11 is 0. The van der Waals surface area contributed by atoms with E-state index in [0.29, 0.717) is 19.4 Å².